The van der Waals surface area contributed by atoms with Gasteiger partial charge in [-0.25, -0.2) is 4.98 Å². The number of nitrogens with one attached hydrogen (secondary N) is 1. The molecule has 1 fully saturated rings. The lowest BCUT2D eigenvalue weighted by Gasteiger charge is -2.34. The Morgan fingerprint density at radius 2 is 2.20 bits per heavy atom. The second-order valence-electron chi connectivity index (χ2n) is 7.38. The Hall–Kier alpha value is -2.91. The van der Waals surface area contributed by atoms with E-state index in [-0.39, 0.29) is 6.61 Å². The third kappa shape index (κ3) is 3.90. The second kappa shape index (κ2) is 8.08. The summed E-state index contributed by atoms with van der Waals surface area (Å²) >= 11 is 1.57. The summed E-state index contributed by atoms with van der Waals surface area (Å²) < 4.78 is 17.0. The molecule has 1 saturated heterocycles. The number of amides is 2. The fourth-order valence-electron chi connectivity index (χ4n) is 3.63. The predicted molar refractivity (Wildman–Crippen MR) is 112 cm³/mol. The van der Waals surface area contributed by atoms with E-state index < -0.39 is 17.4 Å². The van der Waals surface area contributed by atoms with Crippen LogP contribution in [0.15, 0.2) is 28.8 Å². The third-order valence-corrected chi connectivity index (χ3v) is 6.06. The van der Waals surface area contributed by atoms with Crippen molar-refractivity contribution < 1.29 is 23.5 Å². The standard InChI is InChI=1S/C21H23N3O5S/c1-12-18(19(25)24-21(20(22)26)6-3-7-27-11-21)16-8-14(4-5-17(16)29-12)28-10-15-9-23-13(2)30-15/h4-5,8-9H,3,6-7,10-11H2,1-2H3,(H2,22,26)(H,24,25). The molecule has 9 heteroatoms. The fourth-order valence-corrected chi connectivity index (χ4v) is 4.33. The number of furan rings is 1. The van der Waals surface area contributed by atoms with Crippen molar-refractivity contribution in [2.24, 2.45) is 5.73 Å². The lowest BCUT2D eigenvalue weighted by Crippen LogP contribution is -2.62. The van der Waals surface area contributed by atoms with E-state index in [0.29, 0.717) is 54.1 Å². The van der Waals surface area contributed by atoms with Crippen molar-refractivity contribution in [2.45, 2.75) is 38.8 Å². The van der Waals surface area contributed by atoms with E-state index in [1.165, 1.54) is 0 Å². The lowest BCUT2D eigenvalue weighted by atomic mass is 9.91. The molecule has 0 radical (unpaired) electrons. The highest BCUT2D eigenvalue weighted by Crippen LogP contribution is 2.31. The van der Waals surface area contributed by atoms with E-state index in [9.17, 15) is 9.59 Å². The second-order valence-corrected chi connectivity index (χ2v) is 8.70. The number of thiazole rings is 1. The molecule has 1 aromatic carbocycles. The molecule has 1 aliphatic rings. The summed E-state index contributed by atoms with van der Waals surface area (Å²) in [6, 6.07) is 5.32. The molecule has 0 aliphatic carbocycles. The van der Waals surface area contributed by atoms with E-state index in [2.05, 4.69) is 10.3 Å². The maximum Gasteiger partial charge on any atom is 0.256 e. The lowest BCUT2D eigenvalue weighted by molar-refractivity contribution is -0.129. The van der Waals surface area contributed by atoms with E-state index in [1.807, 2.05) is 6.92 Å². The molecular formula is C21H23N3O5S. The smallest absolute Gasteiger partial charge is 0.256 e. The molecule has 158 valence electrons. The van der Waals surface area contributed by atoms with E-state index in [0.717, 1.165) is 9.88 Å². The van der Waals surface area contributed by atoms with Crippen molar-refractivity contribution in [3.63, 3.8) is 0 Å². The normalized spacial score (nSPS) is 19.0. The number of ether oxygens (including phenoxy) is 2. The van der Waals surface area contributed by atoms with Crippen LogP contribution in [-0.4, -0.2) is 35.6 Å². The number of nitrogens with two attached hydrogens (primary N) is 1. The average Bonchev–Trinajstić information content (AvgIpc) is 3.28. The topological polar surface area (TPSA) is 117 Å². The number of carbonyl (C=O) groups is 2. The van der Waals surface area contributed by atoms with Crippen LogP contribution in [0.2, 0.25) is 0 Å². The van der Waals surface area contributed by atoms with Crippen molar-refractivity contribution in [1.29, 1.82) is 0 Å². The van der Waals surface area contributed by atoms with Gasteiger partial charge in [0.25, 0.3) is 5.91 Å². The molecule has 2 aromatic heterocycles. The minimum absolute atomic E-state index is 0.0610. The van der Waals surface area contributed by atoms with Gasteiger partial charge in [0.05, 0.1) is 22.1 Å². The van der Waals surface area contributed by atoms with Gasteiger partial charge in [-0.3, -0.25) is 9.59 Å². The van der Waals surface area contributed by atoms with Crippen LogP contribution in [0.4, 0.5) is 0 Å². The van der Waals surface area contributed by atoms with Gasteiger partial charge in [0, 0.05) is 18.2 Å². The van der Waals surface area contributed by atoms with Crippen molar-refractivity contribution in [1.82, 2.24) is 10.3 Å². The molecule has 2 amide bonds. The first-order valence-electron chi connectivity index (χ1n) is 9.65. The zero-order valence-corrected chi connectivity index (χ0v) is 17.6. The van der Waals surface area contributed by atoms with E-state index in [1.54, 1.807) is 42.7 Å². The van der Waals surface area contributed by atoms with E-state index in [4.69, 9.17) is 19.6 Å². The summed E-state index contributed by atoms with van der Waals surface area (Å²) in [6.07, 6.45) is 2.86. The Morgan fingerprint density at radius 3 is 2.87 bits per heavy atom. The first-order chi connectivity index (χ1) is 14.4. The van der Waals surface area contributed by atoms with Crippen LogP contribution in [0.1, 0.15) is 38.8 Å². The Balaban J connectivity index is 1.60. The zero-order valence-electron chi connectivity index (χ0n) is 16.8. The Bertz CT molecular complexity index is 1100. The van der Waals surface area contributed by atoms with Crippen LogP contribution in [-0.2, 0) is 16.1 Å². The summed E-state index contributed by atoms with van der Waals surface area (Å²) in [5, 5.41) is 4.39. The quantitative estimate of drug-likeness (QED) is 0.622. The van der Waals surface area contributed by atoms with E-state index >= 15 is 0 Å². The molecule has 3 heterocycles. The molecule has 30 heavy (non-hydrogen) atoms. The number of rotatable bonds is 6. The van der Waals surface area contributed by atoms with Gasteiger partial charge >= 0.3 is 0 Å². The van der Waals surface area contributed by atoms with Gasteiger partial charge in [-0.05, 0) is 44.9 Å². The van der Waals surface area contributed by atoms with Gasteiger partial charge in [-0.15, -0.1) is 11.3 Å². The Kier molecular flexibility index (Phi) is 5.48. The number of fused-ring (bicyclic) bond motifs is 1. The number of carbonyl (C=O) groups excluding carboxylic acids is 2. The monoisotopic (exact) mass is 429 g/mol. The maximum atomic E-state index is 13.1. The summed E-state index contributed by atoms with van der Waals surface area (Å²) in [6.45, 7) is 4.64. The predicted octanol–water partition coefficient (Wildman–Crippen LogP) is 2.85. The SMILES string of the molecule is Cc1ncc(COc2ccc3oc(C)c(C(=O)NC4(C(N)=O)CCCOC4)c3c2)s1. The number of hydrogen-bond acceptors (Lipinski definition) is 7. The van der Waals surface area contributed by atoms with Gasteiger partial charge < -0.3 is 24.9 Å². The fraction of sp³-hybridized carbons (Fsp3) is 0.381. The highest BCUT2D eigenvalue weighted by Gasteiger charge is 2.41. The van der Waals surface area contributed by atoms with Gasteiger partial charge in [-0.1, -0.05) is 0 Å². The number of benzene rings is 1. The zero-order chi connectivity index (χ0) is 21.3. The minimum Gasteiger partial charge on any atom is -0.488 e. The molecule has 1 unspecified atom stereocenters. The van der Waals surface area contributed by atoms with Gasteiger partial charge in [-0.2, -0.15) is 0 Å². The molecular weight excluding hydrogens is 406 g/mol. The highest BCUT2D eigenvalue weighted by atomic mass is 32.1. The summed E-state index contributed by atoms with van der Waals surface area (Å²) in [4.78, 5) is 30.4. The van der Waals surface area contributed by atoms with Crippen LogP contribution in [0, 0.1) is 13.8 Å². The highest BCUT2D eigenvalue weighted by molar-refractivity contribution is 7.11. The number of hydrogen-bond donors (Lipinski definition) is 2. The van der Waals surface area contributed by atoms with Crippen LogP contribution >= 0.6 is 11.3 Å². The molecule has 3 aromatic rings. The van der Waals surface area contributed by atoms with Gasteiger partial charge in [0.2, 0.25) is 5.91 Å². The molecule has 0 saturated carbocycles. The first kappa shape index (κ1) is 20.4. The summed E-state index contributed by atoms with van der Waals surface area (Å²) in [5.74, 6) is 0.0266. The number of primary amides is 1. The van der Waals surface area contributed by atoms with Crippen molar-refractivity contribution >= 4 is 34.1 Å². The molecule has 1 atom stereocenters. The largest absolute Gasteiger partial charge is 0.488 e. The van der Waals surface area contributed by atoms with Crippen LogP contribution in [0.25, 0.3) is 11.0 Å². The Morgan fingerprint density at radius 1 is 1.37 bits per heavy atom. The Labute approximate surface area is 177 Å². The van der Waals surface area contributed by atoms with Gasteiger partial charge in [0.1, 0.15) is 29.2 Å². The molecule has 8 nitrogen and oxygen atoms in total. The summed E-state index contributed by atoms with van der Waals surface area (Å²) in [5.41, 5.74) is 5.29. The molecule has 0 bridgehead atoms. The first-order valence-corrected chi connectivity index (χ1v) is 10.5. The minimum atomic E-state index is -1.22. The number of nitrogens with zero attached hydrogens (tertiary/aromatic N) is 1. The maximum absolute atomic E-state index is 13.1. The van der Waals surface area contributed by atoms with Crippen LogP contribution < -0.4 is 15.8 Å². The summed E-state index contributed by atoms with van der Waals surface area (Å²) in [7, 11) is 0. The van der Waals surface area contributed by atoms with Crippen LogP contribution in [0.3, 0.4) is 0 Å². The van der Waals surface area contributed by atoms with Crippen LogP contribution in [0.5, 0.6) is 5.75 Å². The molecule has 3 N–H and O–H groups in total. The molecule has 4 rings (SSSR count). The van der Waals surface area contributed by atoms with Crippen molar-refractivity contribution in [3.05, 3.63) is 45.6 Å². The van der Waals surface area contributed by atoms with Crippen molar-refractivity contribution in [3.8, 4) is 5.75 Å². The van der Waals surface area contributed by atoms with Gasteiger partial charge in [0.15, 0.2) is 0 Å². The third-order valence-electron chi connectivity index (χ3n) is 5.18. The molecule has 0 spiro atoms. The van der Waals surface area contributed by atoms with Crippen molar-refractivity contribution in [2.75, 3.05) is 13.2 Å². The number of aromatic nitrogens is 1. The average molecular weight is 429 g/mol. The molecule has 1 aliphatic heterocycles. The number of aryl methyl sites for hydroxylation is 2.